The summed E-state index contributed by atoms with van der Waals surface area (Å²) < 4.78 is 5.39. The fourth-order valence-corrected chi connectivity index (χ4v) is 2.77. The molecule has 0 saturated carbocycles. The van der Waals surface area contributed by atoms with Gasteiger partial charge in [0, 0.05) is 52.2 Å². The van der Waals surface area contributed by atoms with E-state index in [2.05, 4.69) is 15.2 Å². The van der Waals surface area contributed by atoms with Gasteiger partial charge < -0.3 is 14.6 Å². The van der Waals surface area contributed by atoms with Crippen molar-refractivity contribution in [3.8, 4) is 0 Å². The zero-order chi connectivity index (χ0) is 13.4. The van der Waals surface area contributed by atoms with Crippen LogP contribution in [0, 0.1) is 13.8 Å². The van der Waals surface area contributed by atoms with Crippen molar-refractivity contribution in [2.24, 2.45) is 0 Å². The first-order valence-electron chi connectivity index (χ1n) is 6.83. The molecular formula is C13H20N4O2. The van der Waals surface area contributed by atoms with E-state index in [1.54, 1.807) is 6.92 Å². The lowest BCUT2D eigenvalue weighted by Gasteiger charge is -2.46. The number of aryl methyl sites for hydroxylation is 2. The maximum atomic E-state index is 12.3. The van der Waals surface area contributed by atoms with Gasteiger partial charge >= 0.3 is 0 Å². The van der Waals surface area contributed by atoms with E-state index in [0.717, 1.165) is 39.3 Å². The molecule has 6 heteroatoms. The summed E-state index contributed by atoms with van der Waals surface area (Å²) >= 11 is 0. The Morgan fingerprint density at radius 1 is 1.32 bits per heavy atom. The predicted octanol–water partition coefficient (Wildman–Crippen LogP) is 0.0210. The average Bonchev–Trinajstić information content (AvgIpc) is 2.68. The monoisotopic (exact) mass is 264 g/mol. The lowest BCUT2D eigenvalue weighted by atomic mass is 10.1. The molecule has 1 aromatic rings. The molecule has 0 aromatic carbocycles. The molecule has 6 nitrogen and oxygen atoms in total. The molecule has 0 radical (unpaired) electrons. The number of piperazine rings is 1. The summed E-state index contributed by atoms with van der Waals surface area (Å²) in [7, 11) is 0. The average molecular weight is 264 g/mol. The van der Waals surface area contributed by atoms with Crippen LogP contribution in [0.5, 0.6) is 0 Å². The molecule has 0 bridgehead atoms. The second kappa shape index (κ2) is 4.94. The van der Waals surface area contributed by atoms with E-state index in [9.17, 15) is 4.79 Å². The van der Waals surface area contributed by atoms with Crippen LogP contribution in [0.25, 0.3) is 0 Å². The standard InChI is InChI=1S/C13H20N4O2/c1-9-12(19-10(2)15-9)13(18)17-7-11(8-17)16-5-3-14-4-6-16/h11,14H,3-8H2,1-2H3. The lowest BCUT2D eigenvalue weighted by Crippen LogP contribution is -2.63. The summed E-state index contributed by atoms with van der Waals surface area (Å²) in [6.45, 7) is 9.44. The van der Waals surface area contributed by atoms with Crippen LogP contribution in [0.4, 0.5) is 0 Å². The molecule has 104 valence electrons. The van der Waals surface area contributed by atoms with Gasteiger partial charge in [0.2, 0.25) is 5.76 Å². The number of amides is 1. The molecule has 2 aliphatic heterocycles. The Morgan fingerprint density at radius 2 is 2.00 bits per heavy atom. The van der Waals surface area contributed by atoms with Crippen molar-refractivity contribution in [2.45, 2.75) is 19.9 Å². The van der Waals surface area contributed by atoms with Crippen LogP contribution in [0.2, 0.25) is 0 Å². The molecule has 0 unspecified atom stereocenters. The summed E-state index contributed by atoms with van der Waals surface area (Å²) in [5, 5.41) is 3.34. The Balaban J connectivity index is 1.58. The van der Waals surface area contributed by atoms with Gasteiger partial charge in [-0.05, 0) is 6.92 Å². The van der Waals surface area contributed by atoms with Crippen molar-refractivity contribution in [1.82, 2.24) is 20.1 Å². The second-order valence-corrected chi connectivity index (χ2v) is 5.30. The van der Waals surface area contributed by atoms with Gasteiger partial charge in [-0.15, -0.1) is 0 Å². The highest BCUT2D eigenvalue weighted by Gasteiger charge is 2.37. The minimum Gasteiger partial charge on any atom is -0.436 e. The quantitative estimate of drug-likeness (QED) is 0.816. The highest BCUT2D eigenvalue weighted by Crippen LogP contribution is 2.20. The zero-order valence-electron chi connectivity index (χ0n) is 11.5. The third kappa shape index (κ3) is 2.37. The summed E-state index contributed by atoms with van der Waals surface area (Å²) in [5.74, 6) is 0.931. The molecule has 0 aliphatic carbocycles. The largest absolute Gasteiger partial charge is 0.436 e. The van der Waals surface area contributed by atoms with Gasteiger partial charge in [0.1, 0.15) is 0 Å². The van der Waals surface area contributed by atoms with Gasteiger partial charge in [0.15, 0.2) is 5.89 Å². The summed E-state index contributed by atoms with van der Waals surface area (Å²) in [5.41, 5.74) is 0.688. The number of carbonyl (C=O) groups is 1. The van der Waals surface area contributed by atoms with Gasteiger partial charge in [0.05, 0.1) is 5.69 Å². The lowest BCUT2D eigenvalue weighted by molar-refractivity contribution is 0.0203. The maximum absolute atomic E-state index is 12.3. The number of rotatable bonds is 2. The Bertz CT molecular complexity index is 473. The van der Waals surface area contributed by atoms with Gasteiger partial charge in [-0.2, -0.15) is 0 Å². The fraction of sp³-hybridized carbons (Fsp3) is 0.692. The minimum absolute atomic E-state index is 0.0236. The molecule has 1 aromatic heterocycles. The van der Waals surface area contributed by atoms with E-state index < -0.39 is 0 Å². The van der Waals surface area contributed by atoms with Crippen LogP contribution in [0.15, 0.2) is 4.42 Å². The number of oxazole rings is 1. The van der Waals surface area contributed by atoms with Gasteiger partial charge in [-0.3, -0.25) is 9.69 Å². The van der Waals surface area contributed by atoms with Crippen molar-refractivity contribution in [2.75, 3.05) is 39.3 Å². The normalized spacial score (nSPS) is 21.5. The molecule has 3 rings (SSSR count). The first kappa shape index (κ1) is 12.6. The van der Waals surface area contributed by atoms with E-state index in [4.69, 9.17) is 4.42 Å². The first-order valence-corrected chi connectivity index (χ1v) is 6.83. The predicted molar refractivity (Wildman–Crippen MR) is 70.1 cm³/mol. The van der Waals surface area contributed by atoms with Crippen LogP contribution >= 0.6 is 0 Å². The van der Waals surface area contributed by atoms with Crippen LogP contribution in [0.3, 0.4) is 0 Å². The van der Waals surface area contributed by atoms with E-state index in [-0.39, 0.29) is 5.91 Å². The molecule has 0 atom stereocenters. The van der Waals surface area contributed by atoms with Crippen LogP contribution in [-0.2, 0) is 0 Å². The number of carbonyl (C=O) groups excluding carboxylic acids is 1. The number of likely N-dealkylation sites (tertiary alicyclic amines) is 1. The van der Waals surface area contributed by atoms with Gasteiger partial charge in [-0.1, -0.05) is 0 Å². The Kier molecular flexibility index (Phi) is 3.28. The van der Waals surface area contributed by atoms with Crippen molar-refractivity contribution < 1.29 is 9.21 Å². The number of nitrogens with one attached hydrogen (secondary N) is 1. The van der Waals surface area contributed by atoms with E-state index in [1.165, 1.54) is 0 Å². The Morgan fingerprint density at radius 3 is 2.58 bits per heavy atom. The summed E-state index contributed by atoms with van der Waals surface area (Å²) in [4.78, 5) is 20.7. The van der Waals surface area contributed by atoms with E-state index in [0.29, 0.717) is 23.4 Å². The number of hydrogen-bond donors (Lipinski definition) is 1. The SMILES string of the molecule is Cc1nc(C)c(C(=O)N2CC(N3CCNCC3)C2)o1. The third-order valence-electron chi connectivity index (χ3n) is 3.92. The van der Waals surface area contributed by atoms with Crippen molar-refractivity contribution in [3.63, 3.8) is 0 Å². The maximum Gasteiger partial charge on any atom is 0.291 e. The van der Waals surface area contributed by atoms with Crippen molar-refractivity contribution >= 4 is 5.91 Å². The Hall–Kier alpha value is -1.40. The van der Waals surface area contributed by atoms with Crippen molar-refractivity contribution in [3.05, 3.63) is 17.3 Å². The summed E-state index contributed by atoms with van der Waals surface area (Å²) in [6, 6.07) is 0.510. The second-order valence-electron chi connectivity index (χ2n) is 5.30. The molecule has 1 N–H and O–H groups in total. The van der Waals surface area contributed by atoms with Crippen LogP contribution < -0.4 is 5.32 Å². The topological polar surface area (TPSA) is 61.6 Å². The molecule has 1 amide bonds. The van der Waals surface area contributed by atoms with Crippen molar-refractivity contribution in [1.29, 1.82) is 0 Å². The fourth-order valence-electron chi connectivity index (χ4n) is 2.77. The molecule has 3 heterocycles. The number of nitrogens with zero attached hydrogens (tertiary/aromatic N) is 3. The van der Waals surface area contributed by atoms with E-state index in [1.807, 2.05) is 11.8 Å². The zero-order valence-corrected chi connectivity index (χ0v) is 11.5. The molecular weight excluding hydrogens is 244 g/mol. The van der Waals surface area contributed by atoms with Gasteiger partial charge in [0.25, 0.3) is 5.91 Å². The molecule has 2 aliphatic rings. The van der Waals surface area contributed by atoms with Gasteiger partial charge in [-0.25, -0.2) is 4.98 Å². The molecule has 19 heavy (non-hydrogen) atoms. The minimum atomic E-state index is -0.0236. The van der Waals surface area contributed by atoms with E-state index >= 15 is 0 Å². The highest BCUT2D eigenvalue weighted by atomic mass is 16.4. The Labute approximate surface area is 112 Å². The number of aromatic nitrogens is 1. The smallest absolute Gasteiger partial charge is 0.291 e. The number of hydrogen-bond acceptors (Lipinski definition) is 5. The highest BCUT2D eigenvalue weighted by molar-refractivity contribution is 5.93. The third-order valence-corrected chi connectivity index (χ3v) is 3.92. The summed E-state index contributed by atoms with van der Waals surface area (Å²) in [6.07, 6.45) is 0. The molecule has 0 spiro atoms. The van der Waals surface area contributed by atoms with Crippen LogP contribution in [-0.4, -0.2) is 66.0 Å². The van der Waals surface area contributed by atoms with Crippen LogP contribution in [0.1, 0.15) is 22.1 Å². The first-order chi connectivity index (χ1) is 9.15. The molecule has 2 fully saturated rings. The molecule has 2 saturated heterocycles.